The molecule has 0 aliphatic carbocycles. The summed E-state index contributed by atoms with van der Waals surface area (Å²) in [6, 6.07) is 0.691. The first-order valence-corrected chi connectivity index (χ1v) is 5.09. The molecule has 94 valence electrons. The van der Waals surface area contributed by atoms with Gasteiger partial charge in [0.15, 0.2) is 0 Å². The molecule has 0 amide bonds. The van der Waals surface area contributed by atoms with Crippen molar-refractivity contribution in [3.8, 4) is 0 Å². The molecule has 0 N–H and O–H groups in total. The Labute approximate surface area is 101 Å². The fourth-order valence-electron chi connectivity index (χ4n) is 1.11. The zero-order valence-corrected chi connectivity index (χ0v) is 9.60. The topological polar surface area (TPSA) is 39.2 Å². The molecule has 0 saturated heterocycles. The molecule has 0 aromatic carbocycles. The largest absolute Gasteiger partial charge is 0.466 e. The molecule has 1 rings (SSSR count). The van der Waals surface area contributed by atoms with E-state index in [1.54, 1.807) is 6.92 Å². The second-order valence-electron chi connectivity index (χ2n) is 3.14. The lowest BCUT2D eigenvalue weighted by Crippen LogP contribution is -2.11. The minimum absolute atomic E-state index is 0.152. The SMILES string of the molecule is CCOC(=O)Cc1cnc(C(F)(F)F)cc1Cl. The number of rotatable bonds is 3. The first-order valence-electron chi connectivity index (χ1n) is 4.71. The summed E-state index contributed by atoms with van der Waals surface area (Å²) in [7, 11) is 0. The molecule has 1 aromatic heterocycles. The molecule has 0 atom stereocenters. The van der Waals surface area contributed by atoms with Crippen LogP contribution >= 0.6 is 11.6 Å². The highest BCUT2D eigenvalue weighted by atomic mass is 35.5. The van der Waals surface area contributed by atoms with Crippen molar-refractivity contribution in [2.45, 2.75) is 19.5 Å². The normalized spacial score (nSPS) is 11.4. The van der Waals surface area contributed by atoms with Crippen molar-refractivity contribution in [2.24, 2.45) is 0 Å². The van der Waals surface area contributed by atoms with Gasteiger partial charge in [0.05, 0.1) is 13.0 Å². The van der Waals surface area contributed by atoms with Crippen LogP contribution in [-0.4, -0.2) is 17.6 Å². The standard InChI is InChI=1S/C10H9ClF3NO2/c1-2-17-9(16)3-6-5-15-8(4-7(6)11)10(12,13)14/h4-5H,2-3H2,1H3. The molecule has 0 spiro atoms. The summed E-state index contributed by atoms with van der Waals surface area (Å²) in [4.78, 5) is 14.3. The number of hydrogen-bond acceptors (Lipinski definition) is 3. The van der Waals surface area contributed by atoms with Gasteiger partial charge in [-0.2, -0.15) is 13.2 Å². The van der Waals surface area contributed by atoms with E-state index in [2.05, 4.69) is 9.72 Å². The van der Waals surface area contributed by atoms with Gasteiger partial charge in [-0.3, -0.25) is 9.78 Å². The zero-order valence-electron chi connectivity index (χ0n) is 8.84. The minimum atomic E-state index is -4.55. The lowest BCUT2D eigenvalue weighted by Gasteiger charge is -2.08. The Bertz CT molecular complexity index is 421. The van der Waals surface area contributed by atoms with E-state index in [0.717, 1.165) is 6.20 Å². The van der Waals surface area contributed by atoms with Crippen molar-refractivity contribution in [1.29, 1.82) is 0 Å². The summed E-state index contributed by atoms with van der Waals surface area (Å²) in [5.74, 6) is -0.559. The third kappa shape index (κ3) is 3.89. The van der Waals surface area contributed by atoms with E-state index in [-0.39, 0.29) is 23.6 Å². The Morgan fingerprint density at radius 1 is 1.53 bits per heavy atom. The highest BCUT2D eigenvalue weighted by Gasteiger charge is 2.33. The van der Waals surface area contributed by atoms with E-state index in [1.807, 2.05) is 0 Å². The summed E-state index contributed by atoms with van der Waals surface area (Å²) in [5, 5.41) is -0.152. The summed E-state index contributed by atoms with van der Waals surface area (Å²) in [6.07, 6.45) is -3.81. The predicted octanol–water partition coefficient (Wildman–Crippen LogP) is 2.86. The molecular formula is C10H9ClF3NO2. The van der Waals surface area contributed by atoms with Crippen molar-refractivity contribution < 1.29 is 22.7 Å². The summed E-state index contributed by atoms with van der Waals surface area (Å²) < 4.78 is 41.5. The van der Waals surface area contributed by atoms with Crippen LogP contribution in [0.2, 0.25) is 5.02 Å². The minimum Gasteiger partial charge on any atom is -0.466 e. The van der Waals surface area contributed by atoms with Gasteiger partial charge in [0.1, 0.15) is 5.69 Å². The zero-order chi connectivity index (χ0) is 13.1. The third-order valence-corrected chi connectivity index (χ3v) is 2.21. The maximum Gasteiger partial charge on any atom is 0.433 e. The van der Waals surface area contributed by atoms with Crippen LogP contribution in [-0.2, 0) is 22.1 Å². The highest BCUT2D eigenvalue weighted by Crippen LogP contribution is 2.30. The van der Waals surface area contributed by atoms with Crippen molar-refractivity contribution in [2.75, 3.05) is 6.61 Å². The Morgan fingerprint density at radius 3 is 2.65 bits per heavy atom. The fraction of sp³-hybridized carbons (Fsp3) is 0.400. The molecule has 17 heavy (non-hydrogen) atoms. The van der Waals surface area contributed by atoms with E-state index >= 15 is 0 Å². The Hall–Kier alpha value is -1.30. The van der Waals surface area contributed by atoms with Gasteiger partial charge in [-0.1, -0.05) is 11.6 Å². The van der Waals surface area contributed by atoms with Gasteiger partial charge in [-0.05, 0) is 13.0 Å². The quantitative estimate of drug-likeness (QED) is 0.791. The van der Waals surface area contributed by atoms with E-state index in [1.165, 1.54) is 0 Å². The molecule has 0 aliphatic rings. The molecule has 1 aromatic rings. The van der Waals surface area contributed by atoms with Gasteiger partial charge < -0.3 is 4.74 Å². The monoisotopic (exact) mass is 267 g/mol. The maximum absolute atomic E-state index is 12.3. The van der Waals surface area contributed by atoms with Crippen LogP contribution in [0.4, 0.5) is 13.2 Å². The van der Waals surface area contributed by atoms with E-state index in [0.29, 0.717) is 6.07 Å². The van der Waals surface area contributed by atoms with Crippen LogP contribution in [0, 0.1) is 0 Å². The number of pyridine rings is 1. The van der Waals surface area contributed by atoms with E-state index in [4.69, 9.17) is 11.6 Å². The van der Waals surface area contributed by atoms with Crippen LogP contribution < -0.4 is 0 Å². The number of ether oxygens (including phenoxy) is 1. The van der Waals surface area contributed by atoms with Gasteiger partial charge in [0.2, 0.25) is 0 Å². The van der Waals surface area contributed by atoms with Crippen molar-refractivity contribution in [1.82, 2.24) is 4.98 Å². The first-order chi connectivity index (χ1) is 7.84. The molecule has 0 bridgehead atoms. The Kier molecular flexibility index (Phi) is 4.34. The van der Waals surface area contributed by atoms with Crippen LogP contribution in [0.15, 0.2) is 12.3 Å². The number of carbonyl (C=O) groups is 1. The average Bonchev–Trinajstić information content (AvgIpc) is 2.20. The number of halogens is 4. The number of esters is 1. The molecule has 1 heterocycles. The van der Waals surface area contributed by atoms with Crippen molar-refractivity contribution >= 4 is 17.6 Å². The third-order valence-electron chi connectivity index (χ3n) is 1.86. The maximum atomic E-state index is 12.3. The number of hydrogen-bond donors (Lipinski definition) is 0. The molecule has 0 saturated carbocycles. The molecule has 0 fully saturated rings. The number of nitrogens with zero attached hydrogens (tertiary/aromatic N) is 1. The highest BCUT2D eigenvalue weighted by molar-refractivity contribution is 6.31. The average molecular weight is 268 g/mol. The van der Waals surface area contributed by atoms with Crippen molar-refractivity contribution in [3.63, 3.8) is 0 Å². The number of carbonyl (C=O) groups excluding carboxylic acids is 1. The van der Waals surface area contributed by atoms with Gasteiger partial charge >= 0.3 is 12.1 Å². The molecular weight excluding hydrogens is 259 g/mol. The smallest absolute Gasteiger partial charge is 0.433 e. The first kappa shape index (κ1) is 13.8. The molecule has 0 aliphatic heterocycles. The Balaban J connectivity index is 2.87. The van der Waals surface area contributed by atoms with Crippen LogP contribution in [0.1, 0.15) is 18.2 Å². The molecule has 3 nitrogen and oxygen atoms in total. The van der Waals surface area contributed by atoms with Crippen molar-refractivity contribution in [3.05, 3.63) is 28.5 Å². The van der Waals surface area contributed by atoms with E-state index in [9.17, 15) is 18.0 Å². The second kappa shape index (κ2) is 5.35. The fourth-order valence-corrected chi connectivity index (χ4v) is 1.33. The van der Waals surface area contributed by atoms with Crippen LogP contribution in [0.25, 0.3) is 0 Å². The number of alkyl halides is 3. The summed E-state index contributed by atoms with van der Waals surface area (Å²) in [5.41, 5.74) is -0.881. The Morgan fingerprint density at radius 2 is 2.18 bits per heavy atom. The summed E-state index contributed by atoms with van der Waals surface area (Å²) in [6.45, 7) is 1.83. The van der Waals surface area contributed by atoms with Gasteiger partial charge in [0, 0.05) is 16.8 Å². The van der Waals surface area contributed by atoms with E-state index < -0.39 is 17.8 Å². The second-order valence-corrected chi connectivity index (χ2v) is 3.55. The predicted molar refractivity (Wildman–Crippen MR) is 54.6 cm³/mol. The number of aromatic nitrogens is 1. The molecule has 7 heteroatoms. The van der Waals surface area contributed by atoms with Gasteiger partial charge in [-0.25, -0.2) is 0 Å². The lowest BCUT2D eigenvalue weighted by molar-refractivity contribution is -0.142. The van der Waals surface area contributed by atoms with Gasteiger partial charge in [-0.15, -0.1) is 0 Å². The van der Waals surface area contributed by atoms with Gasteiger partial charge in [0.25, 0.3) is 0 Å². The lowest BCUT2D eigenvalue weighted by atomic mass is 10.2. The van der Waals surface area contributed by atoms with Crippen LogP contribution in [0.5, 0.6) is 0 Å². The molecule has 0 radical (unpaired) electrons. The molecule has 0 unspecified atom stereocenters. The van der Waals surface area contributed by atoms with Crippen LogP contribution in [0.3, 0.4) is 0 Å². The summed E-state index contributed by atoms with van der Waals surface area (Å²) >= 11 is 5.63.